The van der Waals surface area contributed by atoms with E-state index in [9.17, 15) is 4.79 Å². The van der Waals surface area contributed by atoms with E-state index in [1.54, 1.807) is 6.07 Å². The van der Waals surface area contributed by atoms with Crippen molar-refractivity contribution in [1.29, 1.82) is 0 Å². The molecule has 0 aliphatic carbocycles. The molecule has 0 radical (unpaired) electrons. The lowest BCUT2D eigenvalue weighted by Gasteiger charge is -2.26. The second kappa shape index (κ2) is 7.78. The van der Waals surface area contributed by atoms with Gasteiger partial charge in [0.25, 0.3) is 0 Å². The quantitative estimate of drug-likeness (QED) is 0.575. The number of para-hydroxylation sites is 1. The first-order valence-electron chi connectivity index (χ1n) is 9.65. The highest BCUT2D eigenvalue weighted by atomic mass is 16.6. The number of carbonyl (C=O) groups is 1. The summed E-state index contributed by atoms with van der Waals surface area (Å²) in [5, 5.41) is 0.862. The van der Waals surface area contributed by atoms with Crippen molar-refractivity contribution in [1.82, 2.24) is 4.90 Å². The van der Waals surface area contributed by atoms with Crippen LogP contribution in [0.15, 0.2) is 59.0 Å². The van der Waals surface area contributed by atoms with Crippen molar-refractivity contribution in [3.63, 3.8) is 0 Å². The van der Waals surface area contributed by atoms with Gasteiger partial charge in [-0.2, -0.15) is 0 Å². The molecule has 2 aromatic carbocycles. The molecule has 0 saturated carbocycles. The number of carbonyl (C=O) groups excluding carboxylic acids is 1. The Hall–Kier alpha value is -2.63. The van der Waals surface area contributed by atoms with Crippen LogP contribution in [-0.4, -0.2) is 36.0 Å². The predicted octanol–water partition coefficient (Wildman–Crippen LogP) is 4.82. The molecule has 0 amide bonds. The monoisotopic (exact) mass is 379 g/mol. The maximum absolute atomic E-state index is 11.6. The zero-order chi connectivity index (χ0) is 19.7. The van der Waals surface area contributed by atoms with Crippen molar-refractivity contribution in [2.75, 3.05) is 13.2 Å². The number of hydrogen-bond donors (Lipinski definition) is 0. The number of ketones is 1. The zero-order valence-electron chi connectivity index (χ0n) is 16.4. The van der Waals surface area contributed by atoms with Crippen molar-refractivity contribution in [2.24, 2.45) is 0 Å². The standard InChI is InChI=1S/C23H25NO4/c1-15(2)24-13-19(27-23(24)17-8-5-4-6-9-17)14-26-20-11-7-10-18-12-21(16(3)25)28-22(18)20/h4-12,15,19,23H,13-14H2,1-3H3. The van der Waals surface area contributed by atoms with E-state index < -0.39 is 0 Å². The molecule has 0 spiro atoms. The first-order chi connectivity index (χ1) is 13.5. The molecular weight excluding hydrogens is 354 g/mol. The number of Topliss-reactive ketones (excluding diaryl/α,β-unsaturated/α-hetero) is 1. The minimum Gasteiger partial charge on any atom is -0.487 e. The Morgan fingerprint density at radius 2 is 1.96 bits per heavy atom. The summed E-state index contributed by atoms with van der Waals surface area (Å²) in [5.74, 6) is 0.880. The van der Waals surface area contributed by atoms with Crippen molar-refractivity contribution in [2.45, 2.75) is 39.1 Å². The van der Waals surface area contributed by atoms with E-state index in [0.717, 1.165) is 17.5 Å². The summed E-state index contributed by atoms with van der Waals surface area (Å²) in [6.45, 7) is 7.06. The average molecular weight is 379 g/mol. The largest absolute Gasteiger partial charge is 0.487 e. The minimum atomic E-state index is -0.0976. The summed E-state index contributed by atoms with van der Waals surface area (Å²) < 4.78 is 18.1. The van der Waals surface area contributed by atoms with Gasteiger partial charge in [-0.1, -0.05) is 42.5 Å². The van der Waals surface area contributed by atoms with Gasteiger partial charge in [-0.25, -0.2) is 0 Å². The molecule has 1 aliphatic rings. The zero-order valence-corrected chi connectivity index (χ0v) is 16.4. The van der Waals surface area contributed by atoms with Crippen molar-refractivity contribution >= 4 is 16.8 Å². The minimum absolute atomic E-state index is 0.0508. The van der Waals surface area contributed by atoms with Gasteiger partial charge in [0.2, 0.25) is 0 Å². The van der Waals surface area contributed by atoms with Crippen LogP contribution in [-0.2, 0) is 4.74 Å². The first-order valence-corrected chi connectivity index (χ1v) is 9.65. The Bertz CT molecular complexity index is 963. The first kappa shape index (κ1) is 18.7. The van der Waals surface area contributed by atoms with Gasteiger partial charge in [-0.05, 0) is 31.5 Å². The summed E-state index contributed by atoms with van der Waals surface area (Å²) in [6.07, 6.45) is -0.122. The van der Waals surface area contributed by atoms with Crippen LogP contribution in [0.2, 0.25) is 0 Å². The van der Waals surface area contributed by atoms with Crippen LogP contribution in [0.5, 0.6) is 5.75 Å². The number of rotatable bonds is 6. The maximum Gasteiger partial charge on any atom is 0.194 e. The van der Waals surface area contributed by atoms with Crippen LogP contribution in [0, 0.1) is 0 Å². The van der Waals surface area contributed by atoms with Crippen LogP contribution in [0.25, 0.3) is 11.0 Å². The number of benzene rings is 2. The van der Waals surface area contributed by atoms with Gasteiger partial charge in [-0.3, -0.25) is 9.69 Å². The predicted molar refractivity (Wildman–Crippen MR) is 108 cm³/mol. The Morgan fingerprint density at radius 1 is 1.18 bits per heavy atom. The van der Waals surface area contributed by atoms with Crippen LogP contribution in [0.4, 0.5) is 0 Å². The van der Waals surface area contributed by atoms with E-state index in [0.29, 0.717) is 29.7 Å². The highest BCUT2D eigenvalue weighted by Gasteiger charge is 2.35. The van der Waals surface area contributed by atoms with Crippen LogP contribution in [0.3, 0.4) is 0 Å². The van der Waals surface area contributed by atoms with Gasteiger partial charge >= 0.3 is 0 Å². The number of ether oxygens (including phenoxy) is 2. The summed E-state index contributed by atoms with van der Waals surface area (Å²) in [7, 11) is 0. The van der Waals surface area contributed by atoms with Gasteiger partial charge < -0.3 is 13.9 Å². The van der Waals surface area contributed by atoms with E-state index in [1.807, 2.05) is 36.4 Å². The molecule has 4 rings (SSSR count). The summed E-state index contributed by atoms with van der Waals surface area (Å²) in [6, 6.07) is 18.1. The smallest absolute Gasteiger partial charge is 0.194 e. The fraction of sp³-hybridized carbons (Fsp3) is 0.348. The third-order valence-corrected chi connectivity index (χ3v) is 5.06. The maximum atomic E-state index is 11.6. The Balaban J connectivity index is 1.49. The van der Waals surface area contributed by atoms with E-state index in [4.69, 9.17) is 13.9 Å². The molecule has 2 atom stereocenters. The second-order valence-corrected chi connectivity index (χ2v) is 7.46. The summed E-state index contributed by atoms with van der Waals surface area (Å²) in [5.41, 5.74) is 1.75. The topological polar surface area (TPSA) is 51.9 Å². The second-order valence-electron chi connectivity index (χ2n) is 7.46. The molecule has 5 heteroatoms. The Labute approximate surface area is 164 Å². The molecule has 5 nitrogen and oxygen atoms in total. The van der Waals surface area contributed by atoms with E-state index >= 15 is 0 Å². The number of hydrogen-bond acceptors (Lipinski definition) is 5. The van der Waals surface area contributed by atoms with Gasteiger partial charge in [0.1, 0.15) is 18.9 Å². The normalized spacial score (nSPS) is 20.1. The molecule has 0 bridgehead atoms. The fourth-order valence-corrected chi connectivity index (χ4v) is 3.60. The number of fused-ring (bicyclic) bond motifs is 1. The summed E-state index contributed by atoms with van der Waals surface area (Å²) in [4.78, 5) is 13.9. The molecule has 1 saturated heterocycles. The van der Waals surface area contributed by atoms with E-state index in [2.05, 4.69) is 30.9 Å². The SMILES string of the molecule is CC(=O)c1cc2cccc(OCC3CN(C(C)C)C(c4ccccc4)O3)c2o1. The Kier molecular flexibility index (Phi) is 5.20. The Morgan fingerprint density at radius 3 is 2.68 bits per heavy atom. The van der Waals surface area contributed by atoms with Crippen molar-refractivity contribution in [3.05, 3.63) is 65.9 Å². The summed E-state index contributed by atoms with van der Waals surface area (Å²) >= 11 is 0. The van der Waals surface area contributed by atoms with E-state index in [1.165, 1.54) is 6.92 Å². The number of nitrogens with zero attached hydrogens (tertiary/aromatic N) is 1. The molecule has 3 aromatic rings. The van der Waals surface area contributed by atoms with Crippen molar-refractivity contribution < 1.29 is 18.7 Å². The molecule has 1 fully saturated rings. The number of furan rings is 1. The molecule has 1 aliphatic heterocycles. The molecule has 2 heterocycles. The molecular formula is C23H25NO4. The molecule has 1 aromatic heterocycles. The van der Waals surface area contributed by atoms with Gasteiger partial charge in [0.15, 0.2) is 22.9 Å². The van der Waals surface area contributed by atoms with E-state index in [-0.39, 0.29) is 18.1 Å². The lowest BCUT2D eigenvalue weighted by molar-refractivity contribution is -0.0233. The highest BCUT2D eigenvalue weighted by molar-refractivity contribution is 5.97. The lowest BCUT2D eigenvalue weighted by atomic mass is 10.1. The van der Waals surface area contributed by atoms with Crippen LogP contribution < -0.4 is 4.74 Å². The van der Waals surface area contributed by atoms with Gasteiger partial charge in [-0.15, -0.1) is 0 Å². The van der Waals surface area contributed by atoms with Crippen LogP contribution >= 0.6 is 0 Å². The van der Waals surface area contributed by atoms with Crippen molar-refractivity contribution in [3.8, 4) is 5.75 Å². The molecule has 28 heavy (non-hydrogen) atoms. The molecule has 0 N–H and O–H groups in total. The fourth-order valence-electron chi connectivity index (χ4n) is 3.60. The third kappa shape index (κ3) is 3.68. The lowest BCUT2D eigenvalue weighted by Crippen LogP contribution is -2.32. The average Bonchev–Trinajstić information content (AvgIpc) is 3.32. The molecule has 146 valence electrons. The van der Waals surface area contributed by atoms with Gasteiger partial charge in [0.05, 0.1) is 0 Å². The third-order valence-electron chi connectivity index (χ3n) is 5.06. The van der Waals surface area contributed by atoms with Crippen LogP contribution in [0.1, 0.15) is 43.1 Å². The van der Waals surface area contributed by atoms with Gasteiger partial charge in [0, 0.05) is 24.9 Å². The highest BCUT2D eigenvalue weighted by Crippen LogP contribution is 2.33. The molecule has 2 unspecified atom stereocenters.